The number of anilines is 1. The van der Waals surface area contributed by atoms with E-state index in [1.54, 1.807) is 12.4 Å². The highest BCUT2D eigenvalue weighted by molar-refractivity contribution is 9.10. The number of thiazole rings is 1. The number of nitrogens with two attached hydrogens (primary N) is 1. The maximum Gasteiger partial charge on any atom is 0.226 e. The second-order valence-electron chi connectivity index (χ2n) is 4.43. The second-order valence-corrected chi connectivity index (χ2v) is 6.24. The van der Waals surface area contributed by atoms with Crippen molar-refractivity contribution in [3.8, 4) is 11.4 Å². The molecule has 0 aliphatic carbocycles. The lowest BCUT2D eigenvalue weighted by atomic mass is 10.2. The summed E-state index contributed by atoms with van der Waals surface area (Å²) in [7, 11) is 0. The number of aryl methyl sites for hydroxylation is 2. The lowest BCUT2D eigenvalue weighted by Gasteiger charge is -1.94. The first kappa shape index (κ1) is 14.2. The zero-order chi connectivity index (χ0) is 14.7. The van der Waals surface area contributed by atoms with Gasteiger partial charge in [-0.15, -0.1) is 11.3 Å². The van der Waals surface area contributed by atoms with Gasteiger partial charge in [-0.05, 0) is 34.8 Å². The van der Waals surface area contributed by atoms with E-state index in [0.717, 1.165) is 28.6 Å². The van der Waals surface area contributed by atoms with Crippen LogP contribution in [0.4, 0.5) is 5.13 Å². The van der Waals surface area contributed by atoms with Crippen LogP contribution in [-0.4, -0.2) is 20.1 Å². The summed E-state index contributed by atoms with van der Waals surface area (Å²) in [6.45, 7) is 0. The third-order valence-electron chi connectivity index (χ3n) is 2.82. The van der Waals surface area contributed by atoms with Gasteiger partial charge >= 0.3 is 0 Å². The van der Waals surface area contributed by atoms with Gasteiger partial charge in [-0.3, -0.25) is 4.98 Å². The summed E-state index contributed by atoms with van der Waals surface area (Å²) in [5.74, 6) is 1.17. The molecule has 0 unspecified atom stereocenters. The summed E-state index contributed by atoms with van der Waals surface area (Å²) in [4.78, 5) is 12.7. The van der Waals surface area contributed by atoms with E-state index in [9.17, 15) is 0 Å². The Balaban J connectivity index is 1.60. The van der Waals surface area contributed by atoms with Crippen LogP contribution in [0.25, 0.3) is 11.4 Å². The lowest BCUT2D eigenvalue weighted by molar-refractivity contribution is 0.376. The van der Waals surface area contributed by atoms with Crippen LogP contribution >= 0.6 is 27.3 Å². The highest BCUT2D eigenvalue weighted by atomic mass is 79.9. The predicted octanol–water partition coefficient (Wildman–Crippen LogP) is 3.11. The average molecular weight is 366 g/mol. The summed E-state index contributed by atoms with van der Waals surface area (Å²) in [6.07, 6.45) is 5.87. The molecule has 0 amide bonds. The summed E-state index contributed by atoms with van der Waals surface area (Å²) >= 11 is 4.83. The molecule has 3 heterocycles. The van der Waals surface area contributed by atoms with E-state index in [1.807, 2.05) is 11.4 Å². The zero-order valence-corrected chi connectivity index (χ0v) is 13.4. The third kappa shape index (κ3) is 3.64. The zero-order valence-electron chi connectivity index (χ0n) is 11.0. The smallest absolute Gasteiger partial charge is 0.226 e. The van der Waals surface area contributed by atoms with Gasteiger partial charge in [0.15, 0.2) is 5.13 Å². The highest BCUT2D eigenvalue weighted by Crippen LogP contribution is 2.19. The van der Waals surface area contributed by atoms with Gasteiger partial charge in [0.25, 0.3) is 0 Å². The van der Waals surface area contributed by atoms with E-state index in [2.05, 4.69) is 36.0 Å². The van der Waals surface area contributed by atoms with E-state index in [0.29, 0.717) is 23.3 Å². The minimum Gasteiger partial charge on any atom is -0.375 e. The molecule has 3 rings (SSSR count). The van der Waals surface area contributed by atoms with E-state index in [-0.39, 0.29) is 0 Å². The molecule has 108 valence electrons. The quantitative estimate of drug-likeness (QED) is 0.746. The molecule has 0 aliphatic rings. The molecule has 0 aromatic carbocycles. The maximum atomic E-state index is 5.60. The minimum absolute atomic E-state index is 0.553. The molecule has 0 spiro atoms. The first-order valence-electron chi connectivity index (χ1n) is 6.34. The minimum atomic E-state index is 0.553. The van der Waals surface area contributed by atoms with Gasteiger partial charge in [0.2, 0.25) is 11.7 Å². The Hall–Kier alpha value is -1.80. The third-order valence-corrected chi connectivity index (χ3v) is 3.98. The molecule has 0 radical (unpaired) electrons. The number of hydrogen-bond acceptors (Lipinski definition) is 7. The normalized spacial score (nSPS) is 10.9. The number of pyridine rings is 1. The fraction of sp³-hybridized carbons (Fsp3) is 0.231. The molecule has 0 fully saturated rings. The molecule has 0 saturated heterocycles. The SMILES string of the molecule is Nc1nc(CCCc2nc(-c3cncc(Br)c3)no2)cs1. The Labute approximate surface area is 133 Å². The molecule has 21 heavy (non-hydrogen) atoms. The molecule has 2 N–H and O–H groups in total. The maximum absolute atomic E-state index is 5.60. The summed E-state index contributed by atoms with van der Waals surface area (Å²) in [6, 6.07) is 1.90. The van der Waals surface area contributed by atoms with Gasteiger partial charge in [-0.2, -0.15) is 4.98 Å². The van der Waals surface area contributed by atoms with Crippen LogP contribution in [0, 0.1) is 0 Å². The molecule has 0 atom stereocenters. The Kier molecular flexibility index (Phi) is 4.26. The Bertz CT molecular complexity index is 742. The largest absolute Gasteiger partial charge is 0.375 e. The van der Waals surface area contributed by atoms with E-state index < -0.39 is 0 Å². The average Bonchev–Trinajstić information content (AvgIpc) is 3.08. The van der Waals surface area contributed by atoms with Crippen LogP contribution in [0.3, 0.4) is 0 Å². The lowest BCUT2D eigenvalue weighted by Crippen LogP contribution is -1.92. The van der Waals surface area contributed by atoms with Crippen LogP contribution < -0.4 is 5.73 Å². The van der Waals surface area contributed by atoms with Crippen molar-refractivity contribution in [3.05, 3.63) is 39.9 Å². The standard InChI is InChI=1S/C13H12BrN5OS/c14-9-4-8(5-16-6-9)12-18-11(20-19-12)3-1-2-10-7-21-13(15)17-10/h4-7H,1-3H2,(H2,15,17). The summed E-state index contributed by atoms with van der Waals surface area (Å²) in [5, 5.41) is 6.55. The predicted molar refractivity (Wildman–Crippen MR) is 83.8 cm³/mol. The van der Waals surface area contributed by atoms with Crippen LogP contribution in [0.2, 0.25) is 0 Å². The molecule has 0 aliphatic heterocycles. The van der Waals surface area contributed by atoms with Gasteiger partial charge in [-0.25, -0.2) is 4.98 Å². The number of halogens is 1. The second kappa shape index (κ2) is 6.31. The van der Waals surface area contributed by atoms with Gasteiger partial charge in [-0.1, -0.05) is 5.16 Å². The molecule has 0 saturated carbocycles. The van der Waals surface area contributed by atoms with Crippen molar-refractivity contribution < 1.29 is 4.52 Å². The topological polar surface area (TPSA) is 90.7 Å². The van der Waals surface area contributed by atoms with Crippen molar-refractivity contribution in [1.29, 1.82) is 0 Å². The van der Waals surface area contributed by atoms with Crippen molar-refractivity contribution in [2.45, 2.75) is 19.3 Å². The van der Waals surface area contributed by atoms with E-state index in [4.69, 9.17) is 10.3 Å². The van der Waals surface area contributed by atoms with Crippen LogP contribution in [0.5, 0.6) is 0 Å². The fourth-order valence-corrected chi connectivity index (χ4v) is 2.83. The summed E-state index contributed by atoms with van der Waals surface area (Å²) < 4.78 is 6.14. The first-order valence-corrected chi connectivity index (χ1v) is 8.01. The fourth-order valence-electron chi connectivity index (χ4n) is 1.87. The molecular weight excluding hydrogens is 354 g/mol. The van der Waals surface area contributed by atoms with Gasteiger partial charge in [0.1, 0.15) is 0 Å². The molecule has 6 nitrogen and oxygen atoms in total. The van der Waals surface area contributed by atoms with Gasteiger partial charge in [0.05, 0.1) is 5.69 Å². The van der Waals surface area contributed by atoms with E-state index in [1.165, 1.54) is 11.3 Å². The molecule has 3 aromatic heterocycles. The molecular formula is C13H12BrN5OS. The van der Waals surface area contributed by atoms with Gasteiger partial charge < -0.3 is 10.3 Å². The number of nitrogens with zero attached hydrogens (tertiary/aromatic N) is 4. The van der Waals surface area contributed by atoms with Crippen LogP contribution in [0.15, 0.2) is 32.8 Å². The molecule has 3 aromatic rings. The van der Waals surface area contributed by atoms with Crippen molar-refractivity contribution >= 4 is 32.4 Å². The van der Waals surface area contributed by atoms with Crippen molar-refractivity contribution in [3.63, 3.8) is 0 Å². The van der Waals surface area contributed by atoms with E-state index >= 15 is 0 Å². The Morgan fingerprint density at radius 2 is 2.14 bits per heavy atom. The van der Waals surface area contributed by atoms with Crippen LogP contribution in [0.1, 0.15) is 18.0 Å². The first-order chi connectivity index (χ1) is 10.2. The number of rotatable bonds is 5. The summed E-state index contributed by atoms with van der Waals surface area (Å²) in [5.41, 5.74) is 7.43. The number of nitrogen functional groups attached to an aromatic ring is 1. The number of hydrogen-bond donors (Lipinski definition) is 1. The van der Waals surface area contributed by atoms with Crippen LogP contribution in [-0.2, 0) is 12.8 Å². The van der Waals surface area contributed by atoms with Crippen molar-refractivity contribution in [1.82, 2.24) is 20.1 Å². The Morgan fingerprint density at radius 3 is 2.90 bits per heavy atom. The highest BCUT2D eigenvalue weighted by Gasteiger charge is 2.09. The Morgan fingerprint density at radius 1 is 1.24 bits per heavy atom. The molecule has 8 heteroatoms. The molecule has 0 bridgehead atoms. The van der Waals surface area contributed by atoms with Crippen molar-refractivity contribution in [2.24, 2.45) is 0 Å². The van der Waals surface area contributed by atoms with Gasteiger partial charge in [0, 0.05) is 34.2 Å². The van der Waals surface area contributed by atoms with Crippen molar-refractivity contribution in [2.75, 3.05) is 5.73 Å². The number of aromatic nitrogens is 4. The monoisotopic (exact) mass is 365 g/mol.